The Morgan fingerprint density at radius 1 is 1.24 bits per heavy atom. The van der Waals surface area contributed by atoms with Gasteiger partial charge in [-0.25, -0.2) is 4.98 Å². The number of nitrogens with one attached hydrogen (secondary N) is 1. The number of rotatable bonds is 5. The molecule has 0 unspecified atom stereocenters. The summed E-state index contributed by atoms with van der Waals surface area (Å²) in [7, 11) is 0. The molecule has 3 aromatic rings. The van der Waals surface area contributed by atoms with E-state index >= 15 is 0 Å². The summed E-state index contributed by atoms with van der Waals surface area (Å²) >= 11 is 1.32. The maximum Gasteiger partial charge on any atom is 0.267 e. The maximum atomic E-state index is 12.8. The van der Waals surface area contributed by atoms with Gasteiger partial charge >= 0.3 is 0 Å². The summed E-state index contributed by atoms with van der Waals surface area (Å²) < 4.78 is 5.62. The molecule has 0 bridgehead atoms. The topological polar surface area (TPSA) is 75.4 Å². The minimum absolute atomic E-state index is 0.194. The van der Waals surface area contributed by atoms with Gasteiger partial charge in [0.2, 0.25) is 5.91 Å². The summed E-state index contributed by atoms with van der Waals surface area (Å²) in [5.74, 6) is 1.48. The number of hydrogen-bond donors (Lipinski definition) is 1. The zero-order chi connectivity index (χ0) is 20.4. The Balaban J connectivity index is 1.47. The van der Waals surface area contributed by atoms with E-state index in [1.165, 1.54) is 11.3 Å². The molecule has 1 aromatic carbocycles. The van der Waals surface area contributed by atoms with Gasteiger partial charge in [-0.2, -0.15) is 0 Å². The van der Waals surface area contributed by atoms with E-state index in [2.05, 4.69) is 10.3 Å². The van der Waals surface area contributed by atoms with E-state index in [4.69, 9.17) is 4.42 Å². The van der Waals surface area contributed by atoms with E-state index in [9.17, 15) is 9.59 Å². The third-order valence-electron chi connectivity index (χ3n) is 4.93. The molecule has 1 aliphatic heterocycles. The summed E-state index contributed by atoms with van der Waals surface area (Å²) in [6, 6.07) is 11.4. The third-order valence-corrected chi connectivity index (χ3v) is 6.10. The van der Waals surface area contributed by atoms with Crippen LogP contribution in [0.4, 0.5) is 5.69 Å². The summed E-state index contributed by atoms with van der Waals surface area (Å²) in [6.45, 7) is 5.07. The second kappa shape index (κ2) is 8.21. The van der Waals surface area contributed by atoms with Crippen molar-refractivity contribution in [3.8, 4) is 10.8 Å². The Labute approximate surface area is 173 Å². The number of benzene rings is 1. The number of furan rings is 1. The lowest BCUT2D eigenvalue weighted by Crippen LogP contribution is -2.34. The van der Waals surface area contributed by atoms with Crippen molar-refractivity contribution in [1.82, 2.24) is 9.88 Å². The molecular weight excluding hydrogens is 386 g/mol. The zero-order valence-corrected chi connectivity index (χ0v) is 17.3. The van der Waals surface area contributed by atoms with E-state index in [0.717, 1.165) is 30.7 Å². The van der Waals surface area contributed by atoms with Crippen molar-refractivity contribution in [2.24, 2.45) is 0 Å². The zero-order valence-electron chi connectivity index (χ0n) is 16.5. The van der Waals surface area contributed by atoms with Crippen LogP contribution in [0.15, 0.2) is 40.8 Å². The second-order valence-corrected chi connectivity index (χ2v) is 8.27. The monoisotopic (exact) mass is 409 g/mol. The van der Waals surface area contributed by atoms with Crippen LogP contribution in [-0.2, 0) is 11.3 Å². The predicted octanol–water partition coefficient (Wildman–Crippen LogP) is 4.78. The third kappa shape index (κ3) is 4.40. The molecular formula is C22H23N3O3S. The van der Waals surface area contributed by atoms with Crippen molar-refractivity contribution < 1.29 is 14.0 Å². The lowest BCUT2D eigenvalue weighted by atomic mass is 10.1. The van der Waals surface area contributed by atoms with Gasteiger partial charge in [-0.05, 0) is 56.5 Å². The highest BCUT2D eigenvalue weighted by molar-refractivity contribution is 7.17. The van der Waals surface area contributed by atoms with Crippen molar-refractivity contribution in [3.05, 3.63) is 58.3 Å². The Kier molecular flexibility index (Phi) is 5.49. The highest BCUT2D eigenvalue weighted by Crippen LogP contribution is 2.30. The fourth-order valence-corrected chi connectivity index (χ4v) is 4.37. The van der Waals surface area contributed by atoms with E-state index in [-0.39, 0.29) is 11.8 Å². The highest BCUT2D eigenvalue weighted by atomic mass is 32.1. The van der Waals surface area contributed by atoms with Crippen LogP contribution in [0.3, 0.4) is 0 Å². The van der Waals surface area contributed by atoms with Crippen LogP contribution < -0.4 is 5.32 Å². The molecule has 0 atom stereocenters. The normalized spacial score (nSPS) is 14.3. The van der Waals surface area contributed by atoms with E-state index in [1.54, 1.807) is 0 Å². The molecule has 1 saturated heterocycles. The van der Waals surface area contributed by atoms with Gasteiger partial charge in [-0.3, -0.25) is 9.59 Å². The summed E-state index contributed by atoms with van der Waals surface area (Å²) in [4.78, 5) is 31.8. The standard InChI is InChI=1S/C22H23N3O3S/c1-14-9-10-18(28-14)22-23-15(2)20(29-22)21(27)24-17-7-5-6-16(12-17)13-25-11-4-3-8-19(25)26/h5-7,9-10,12H,3-4,8,11,13H2,1-2H3,(H,24,27). The number of thiazole rings is 1. The molecule has 0 spiro atoms. The van der Waals surface area contributed by atoms with Gasteiger partial charge in [0, 0.05) is 25.2 Å². The SMILES string of the molecule is Cc1ccc(-c2nc(C)c(C(=O)Nc3cccc(CN4CCCCC4=O)c3)s2)o1. The van der Waals surface area contributed by atoms with Crippen molar-refractivity contribution in [1.29, 1.82) is 0 Å². The molecule has 4 rings (SSSR count). The number of anilines is 1. The van der Waals surface area contributed by atoms with Crippen LogP contribution in [0.25, 0.3) is 10.8 Å². The number of hydrogen-bond acceptors (Lipinski definition) is 5. The lowest BCUT2D eigenvalue weighted by Gasteiger charge is -2.26. The molecule has 0 saturated carbocycles. The molecule has 0 radical (unpaired) electrons. The number of likely N-dealkylation sites (tertiary alicyclic amines) is 1. The quantitative estimate of drug-likeness (QED) is 0.658. The van der Waals surface area contributed by atoms with Gasteiger partial charge in [-0.15, -0.1) is 11.3 Å². The van der Waals surface area contributed by atoms with Gasteiger partial charge in [-0.1, -0.05) is 12.1 Å². The Morgan fingerprint density at radius 2 is 2.10 bits per heavy atom. The predicted molar refractivity (Wildman–Crippen MR) is 113 cm³/mol. The molecule has 2 amide bonds. The van der Waals surface area contributed by atoms with Crippen LogP contribution in [0.2, 0.25) is 0 Å². The molecule has 1 N–H and O–H groups in total. The first kappa shape index (κ1) is 19.4. The molecule has 7 heteroatoms. The lowest BCUT2D eigenvalue weighted by molar-refractivity contribution is -0.133. The van der Waals surface area contributed by atoms with Gasteiger partial charge < -0.3 is 14.6 Å². The first-order valence-electron chi connectivity index (χ1n) is 9.72. The first-order chi connectivity index (χ1) is 14.0. The number of amides is 2. The number of piperidine rings is 1. The minimum Gasteiger partial charge on any atom is -0.459 e. The fourth-order valence-electron chi connectivity index (χ4n) is 3.45. The summed E-state index contributed by atoms with van der Waals surface area (Å²) in [6.07, 6.45) is 2.64. The molecule has 3 heterocycles. The van der Waals surface area contributed by atoms with Gasteiger partial charge in [0.1, 0.15) is 10.6 Å². The van der Waals surface area contributed by atoms with Crippen molar-refractivity contribution >= 4 is 28.8 Å². The number of aryl methyl sites for hydroxylation is 2. The van der Waals surface area contributed by atoms with Crippen LogP contribution in [0, 0.1) is 13.8 Å². The first-order valence-corrected chi connectivity index (χ1v) is 10.5. The van der Waals surface area contributed by atoms with E-state index < -0.39 is 0 Å². The average Bonchev–Trinajstić information content (AvgIpc) is 3.29. The Hall–Kier alpha value is -2.93. The van der Waals surface area contributed by atoms with Crippen LogP contribution in [-0.4, -0.2) is 28.2 Å². The summed E-state index contributed by atoms with van der Waals surface area (Å²) in [5.41, 5.74) is 2.39. The number of nitrogens with zero attached hydrogens (tertiary/aromatic N) is 2. The number of carbonyl (C=O) groups is 2. The summed E-state index contributed by atoms with van der Waals surface area (Å²) in [5, 5.41) is 3.65. The molecule has 0 aliphatic carbocycles. The molecule has 6 nitrogen and oxygen atoms in total. The van der Waals surface area contributed by atoms with E-state index in [0.29, 0.717) is 40.0 Å². The molecule has 1 aliphatic rings. The average molecular weight is 410 g/mol. The fraction of sp³-hybridized carbons (Fsp3) is 0.318. The van der Waals surface area contributed by atoms with Crippen molar-refractivity contribution in [3.63, 3.8) is 0 Å². The van der Waals surface area contributed by atoms with Crippen LogP contribution in [0.5, 0.6) is 0 Å². The Bertz CT molecular complexity index is 1050. The van der Waals surface area contributed by atoms with Gasteiger partial charge in [0.25, 0.3) is 5.91 Å². The number of aromatic nitrogens is 1. The van der Waals surface area contributed by atoms with Crippen LogP contribution in [0.1, 0.15) is 46.0 Å². The molecule has 2 aromatic heterocycles. The molecule has 150 valence electrons. The second-order valence-electron chi connectivity index (χ2n) is 7.27. The van der Waals surface area contributed by atoms with Crippen LogP contribution >= 0.6 is 11.3 Å². The van der Waals surface area contributed by atoms with Crippen molar-refractivity contribution in [2.45, 2.75) is 39.7 Å². The van der Waals surface area contributed by atoms with Gasteiger partial charge in [0.05, 0.1) is 5.69 Å². The van der Waals surface area contributed by atoms with Gasteiger partial charge in [0.15, 0.2) is 10.8 Å². The highest BCUT2D eigenvalue weighted by Gasteiger charge is 2.20. The Morgan fingerprint density at radius 3 is 2.86 bits per heavy atom. The molecule has 1 fully saturated rings. The largest absolute Gasteiger partial charge is 0.459 e. The molecule has 29 heavy (non-hydrogen) atoms. The number of carbonyl (C=O) groups excluding carboxylic acids is 2. The van der Waals surface area contributed by atoms with E-state index in [1.807, 2.05) is 55.1 Å². The smallest absolute Gasteiger partial charge is 0.267 e. The van der Waals surface area contributed by atoms with Crippen molar-refractivity contribution in [2.75, 3.05) is 11.9 Å². The minimum atomic E-state index is -0.194. The maximum absolute atomic E-state index is 12.8.